The number of rotatable bonds is 4. The molecule has 0 radical (unpaired) electrons. The molecule has 2 N–H and O–H groups in total. The van der Waals surface area contributed by atoms with Crippen molar-refractivity contribution < 1.29 is 4.79 Å². The first-order valence-corrected chi connectivity index (χ1v) is 7.38. The van der Waals surface area contributed by atoms with E-state index in [2.05, 4.69) is 21.0 Å². The minimum atomic E-state index is -1.06. The topological polar surface area (TPSA) is 64.2 Å². The van der Waals surface area contributed by atoms with Crippen LogP contribution in [0.1, 0.15) is 18.1 Å². The fourth-order valence-corrected chi connectivity index (χ4v) is 2.48. The molecule has 6 heteroatoms. The second kappa shape index (κ2) is 5.99. The zero-order valence-corrected chi connectivity index (χ0v) is 14.0. The Balaban J connectivity index is 2.15. The van der Waals surface area contributed by atoms with Crippen LogP contribution in [-0.2, 0) is 23.9 Å². The molecule has 1 unspecified atom stereocenters. The molecule has 0 fully saturated rings. The second-order valence-electron chi connectivity index (χ2n) is 5.39. The number of hydrogen-bond acceptors (Lipinski definition) is 3. The Hall–Kier alpha value is -1.66. The molecule has 5 nitrogen and oxygen atoms in total. The molecule has 21 heavy (non-hydrogen) atoms. The van der Waals surface area contributed by atoms with Crippen LogP contribution in [0.4, 0.5) is 0 Å². The molecule has 0 aliphatic heterocycles. The Morgan fingerprint density at radius 2 is 2.05 bits per heavy atom. The van der Waals surface area contributed by atoms with Crippen LogP contribution in [-0.4, -0.2) is 27.6 Å². The van der Waals surface area contributed by atoms with Crippen LogP contribution < -0.4 is 5.73 Å². The molecule has 0 aliphatic carbocycles. The molecular formula is C15H19BrN4O. The predicted octanol–water partition coefficient (Wildman–Crippen LogP) is 2.02. The van der Waals surface area contributed by atoms with E-state index in [0.717, 1.165) is 15.6 Å². The number of hydrogen-bond donors (Lipinski definition) is 1. The molecule has 2 rings (SSSR count). The van der Waals surface area contributed by atoms with Gasteiger partial charge in [0.25, 0.3) is 0 Å². The van der Waals surface area contributed by atoms with Gasteiger partial charge in [0.15, 0.2) is 0 Å². The lowest BCUT2D eigenvalue weighted by Gasteiger charge is -2.29. The van der Waals surface area contributed by atoms with Crippen molar-refractivity contribution in [2.24, 2.45) is 12.8 Å². The van der Waals surface area contributed by atoms with Gasteiger partial charge in [0.05, 0.1) is 6.20 Å². The summed E-state index contributed by atoms with van der Waals surface area (Å²) in [6.07, 6.45) is 3.63. The molecule has 2 aromatic rings. The lowest BCUT2D eigenvalue weighted by Crippen LogP contribution is -2.49. The van der Waals surface area contributed by atoms with Gasteiger partial charge in [-0.3, -0.25) is 9.48 Å². The number of nitrogens with two attached hydrogens (primary N) is 1. The van der Waals surface area contributed by atoms with E-state index in [1.165, 1.54) is 0 Å². The maximum Gasteiger partial charge on any atom is 0.247 e. The number of benzene rings is 1. The van der Waals surface area contributed by atoms with Gasteiger partial charge in [-0.05, 0) is 24.6 Å². The number of amides is 1. The SMILES string of the molecule is CN(Cc1cnn(C)c1)C(=O)C(C)(N)c1ccc(Br)cc1. The molecule has 0 aliphatic rings. The Bertz CT molecular complexity index is 633. The number of carbonyl (C=O) groups is 1. The smallest absolute Gasteiger partial charge is 0.247 e. The van der Waals surface area contributed by atoms with E-state index in [0.29, 0.717) is 6.54 Å². The fraction of sp³-hybridized carbons (Fsp3) is 0.333. The summed E-state index contributed by atoms with van der Waals surface area (Å²) in [5, 5.41) is 4.10. The monoisotopic (exact) mass is 350 g/mol. The molecule has 1 atom stereocenters. The maximum absolute atomic E-state index is 12.6. The van der Waals surface area contributed by atoms with E-state index in [9.17, 15) is 4.79 Å². The summed E-state index contributed by atoms with van der Waals surface area (Å²) in [6.45, 7) is 2.22. The molecule has 0 spiro atoms. The number of nitrogens with zero attached hydrogens (tertiary/aromatic N) is 3. The van der Waals surface area contributed by atoms with Gasteiger partial charge in [-0.2, -0.15) is 5.10 Å². The number of aromatic nitrogens is 2. The minimum Gasteiger partial charge on any atom is -0.339 e. The first-order chi connectivity index (χ1) is 9.80. The van der Waals surface area contributed by atoms with E-state index in [4.69, 9.17) is 5.73 Å². The number of likely N-dealkylation sites (N-methyl/N-ethyl adjacent to an activating group) is 1. The molecule has 0 saturated heterocycles. The van der Waals surface area contributed by atoms with Crippen LogP contribution >= 0.6 is 15.9 Å². The average Bonchev–Trinajstić information content (AvgIpc) is 2.83. The van der Waals surface area contributed by atoms with Gasteiger partial charge in [-0.25, -0.2) is 0 Å². The van der Waals surface area contributed by atoms with E-state index in [1.807, 2.05) is 37.5 Å². The molecule has 1 aromatic carbocycles. The van der Waals surface area contributed by atoms with Crippen molar-refractivity contribution in [1.29, 1.82) is 0 Å². The van der Waals surface area contributed by atoms with Crippen molar-refractivity contribution in [2.75, 3.05) is 7.05 Å². The van der Waals surface area contributed by atoms with Crippen molar-refractivity contribution in [3.8, 4) is 0 Å². The van der Waals surface area contributed by atoms with E-state index >= 15 is 0 Å². The highest BCUT2D eigenvalue weighted by molar-refractivity contribution is 9.10. The van der Waals surface area contributed by atoms with Crippen LogP contribution in [0.2, 0.25) is 0 Å². The van der Waals surface area contributed by atoms with E-state index < -0.39 is 5.54 Å². The van der Waals surface area contributed by atoms with Crippen molar-refractivity contribution in [3.63, 3.8) is 0 Å². The van der Waals surface area contributed by atoms with Gasteiger partial charge in [-0.15, -0.1) is 0 Å². The molecule has 1 amide bonds. The lowest BCUT2D eigenvalue weighted by molar-refractivity contribution is -0.136. The number of halogens is 1. The van der Waals surface area contributed by atoms with E-state index in [1.54, 1.807) is 29.7 Å². The predicted molar refractivity (Wildman–Crippen MR) is 85.4 cm³/mol. The largest absolute Gasteiger partial charge is 0.339 e. The Morgan fingerprint density at radius 3 is 2.57 bits per heavy atom. The number of carbonyl (C=O) groups excluding carboxylic acids is 1. The Labute approximate surface area is 132 Å². The van der Waals surface area contributed by atoms with Crippen LogP contribution in [0.15, 0.2) is 41.1 Å². The lowest BCUT2D eigenvalue weighted by atomic mass is 9.91. The highest BCUT2D eigenvalue weighted by Gasteiger charge is 2.33. The summed E-state index contributed by atoms with van der Waals surface area (Å²) in [7, 11) is 3.60. The first kappa shape index (κ1) is 15.7. The van der Waals surface area contributed by atoms with Crippen LogP contribution in [0.3, 0.4) is 0 Å². The van der Waals surface area contributed by atoms with Crippen LogP contribution in [0, 0.1) is 0 Å². The summed E-state index contributed by atoms with van der Waals surface area (Å²) in [6, 6.07) is 7.49. The maximum atomic E-state index is 12.6. The average molecular weight is 351 g/mol. The van der Waals surface area contributed by atoms with Gasteiger partial charge in [0, 0.05) is 36.9 Å². The fourth-order valence-electron chi connectivity index (χ4n) is 2.22. The van der Waals surface area contributed by atoms with Crippen molar-refractivity contribution in [1.82, 2.24) is 14.7 Å². The van der Waals surface area contributed by atoms with Crippen molar-refractivity contribution in [2.45, 2.75) is 19.0 Å². The van der Waals surface area contributed by atoms with Gasteiger partial charge < -0.3 is 10.6 Å². The highest BCUT2D eigenvalue weighted by Crippen LogP contribution is 2.23. The summed E-state index contributed by atoms with van der Waals surface area (Å²) in [5.74, 6) is -0.131. The standard InChI is InChI=1S/C15H19BrN4O/c1-15(17,12-4-6-13(16)7-5-12)14(21)19(2)9-11-8-18-20(3)10-11/h4-8,10H,9,17H2,1-3H3. The molecule has 0 saturated carbocycles. The zero-order chi connectivity index (χ0) is 15.6. The van der Waals surface area contributed by atoms with Crippen molar-refractivity contribution >= 4 is 21.8 Å². The summed E-state index contributed by atoms with van der Waals surface area (Å²) < 4.78 is 2.67. The van der Waals surface area contributed by atoms with Crippen molar-refractivity contribution in [3.05, 3.63) is 52.3 Å². The Morgan fingerprint density at radius 1 is 1.43 bits per heavy atom. The number of aryl methyl sites for hydroxylation is 1. The quantitative estimate of drug-likeness (QED) is 0.917. The molecule has 1 aromatic heterocycles. The third kappa shape index (κ3) is 3.51. The molecular weight excluding hydrogens is 332 g/mol. The third-order valence-electron chi connectivity index (χ3n) is 3.41. The van der Waals surface area contributed by atoms with Gasteiger partial charge in [0.1, 0.15) is 5.54 Å². The first-order valence-electron chi connectivity index (χ1n) is 6.58. The molecule has 1 heterocycles. The van der Waals surface area contributed by atoms with Gasteiger partial charge in [-0.1, -0.05) is 28.1 Å². The minimum absolute atomic E-state index is 0.131. The van der Waals surface area contributed by atoms with E-state index in [-0.39, 0.29) is 5.91 Å². The summed E-state index contributed by atoms with van der Waals surface area (Å²) >= 11 is 3.38. The Kier molecular flexibility index (Phi) is 4.49. The second-order valence-corrected chi connectivity index (χ2v) is 6.31. The summed E-state index contributed by atoms with van der Waals surface area (Å²) in [4.78, 5) is 14.2. The summed E-state index contributed by atoms with van der Waals surface area (Å²) in [5.41, 5.74) is 6.96. The highest BCUT2D eigenvalue weighted by atomic mass is 79.9. The van der Waals surface area contributed by atoms with Crippen LogP contribution in [0.25, 0.3) is 0 Å². The third-order valence-corrected chi connectivity index (χ3v) is 3.94. The van der Waals surface area contributed by atoms with Gasteiger partial charge >= 0.3 is 0 Å². The molecule has 0 bridgehead atoms. The normalized spacial score (nSPS) is 13.8. The molecule has 112 valence electrons. The zero-order valence-electron chi connectivity index (χ0n) is 12.4. The van der Waals surface area contributed by atoms with Gasteiger partial charge in [0.2, 0.25) is 5.91 Å². The van der Waals surface area contributed by atoms with Crippen LogP contribution in [0.5, 0.6) is 0 Å².